The van der Waals surface area contributed by atoms with Crippen LogP contribution in [0.2, 0.25) is 0 Å². The Kier molecular flexibility index (Phi) is 4.43. The third-order valence-corrected chi connectivity index (χ3v) is 4.11. The SMILES string of the molecule is CCCC1CCN(c2ccc(F)cc2CBr)C1. The van der Waals surface area contributed by atoms with Crippen LogP contribution in [0.25, 0.3) is 0 Å². The van der Waals surface area contributed by atoms with Crippen LogP contribution in [0.15, 0.2) is 18.2 Å². The van der Waals surface area contributed by atoms with Gasteiger partial charge in [-0.25, -0.2) is 4.39 Å². The summed E-state index contributed by atoms with van der Waals surface area (Å²) in [6.45, 7) is 4.47. The molecule has 2 rings (SSSR count). The van der Waals surface area contributed by atoms with Crippen LogP contribution in [0.4, 0.5) is 10.1 Å². The van der Waals surface area contributed by atoms with E-state index in [2.05, 4.69) is 27.8 Å². The first-order valence-electron chi connectivity index (χ1n) is 6.34. The molecule has 1 fully saturated rings. The Morgan fingerprint density at radius 2 is 2.29 bits per heavy atom. The van der Waals surface area contributed by atoms with E-state index >= 15 is 0 Å². The van der Waals surface area contributed by atoms with Gasteiger partial charge in [-0.05, 0) is 42.5 Å². The highest BCUT2D eigenvalue weighted by Crippen LogP contribution is 2.30. The maximum absolute atomic E-state index is 13.2. The van der Waals surface area contributed by atoms with Crippen LogP contribution in [0, 0.1) is 11.7 Å². The van der Waals surface area contributed by atoms with Crippen LogP contribution in [0.5, 0.6) is 0 Å². The van der Waals surface area contributed by atoms with Crippen molar-refractivity contribution < 1.29 is 4.39 Å². The number of benzene rings is 1. The predicted molar refractivity (Wildman–Crippen MR) is 74.3 cm³/mol. The minimum Gasteiger partial charge on any atom is -0.371 e. The van der Waals surface area contributed by atoms with Gasteiger partial charge in [0, 0.05) is 24.1 Å². The molecule has 1 heterocycles. The van der Waals surface area contributed by atoms with Crippen molar-refractivity contribution >= 4 is 21.6 Å². The summed E-state index contributed by atoms with van der Waals surface area (Å²) in [5.74, 6) is 0.667. The predicted octanol–water partition coefficient (Wildman–Crippen LogP) is 4.35. The number of hydrogen-bond donors (Lipinski definition) is 0. The standard InChI is InChI=1S/C14H19BrFN/c1-2-3-11-6-7-17(10-11)14-5-4-13(16)8-12(14)9-15/h4-5,8,11H,2-3,6-7,9-10H2,1H3. The molecule has 1 saturated heterocycles. The number of nitrogens with zero attached hydrogens (tertiary/aromatic N) is 1. The van der Waals surface area contributed by atoms with E-state index in [1.54, 1.807) is 12.1 Å². The first-order chi connectivity index (χ1) is 8.24. The van der Waals surface area contributed by atoms with Crippen molar-refractivity contribution in [3.8, 4) is 0 Å². The first kappa shape index (κ1) is 12.9. The first-order valence-corrected chi connectivity index (χ1v) is 7.46. The summed E-state index contributed by atoms with van der Waals surface area (Å²) < 4.78 is 13.2. The van der Waals surface area contributed by atoms with Gasteiger partial charge >= 0.3 is 0 Å². The Labute approximate surface area is 111 Å². The monoisotopic (exact) mass is 299 g/mol. The molecule has 1 aromatic rings. The van der Waals surface area contributed by atoms with Gasteiger partial charge in [-0.2, -0.15) is 0 Å². The fraction of sp³-hybridized carbons (Fsp3) is 0.571. The molecule has 17 heavy (non-hydrogen) atoms. The molecule has 0 N–H and O–H groups in total. The molecule has 0 aromatic heterocycles. The van der Waals surface area contributed by atoms with Gasteiger partial charge in [-0.1, -0.05) is 29.3 Å². The van der Waals surface area contributed by atoms with E-state index in [-0.39, 0.29) is 5.82 Å². The second kappa shape index (κ2) is 5.85. The van der Waals surface area contributed by atoms with E-state index in [0.29, 0.717) is 0 Å². The average Bonchev–Trinajstić information content (AvgIpc) is 2.78. The van der Waals surface area contributed by atoms with E-state index in [4.69, 9.17) is 0 Å². The van der Waals surface area contributed by atoms with Crippen LogP contribution in [-0.2, 0) is 5.33 Å². The molecule has 1 aliphatic rings. The third kappa shape index (κ3) is 3.01. The highest BCUT2D eigenvalue weighted by Gasteiger charge is 2.23. The highest BCUT2D eigenvalue weighted by atomic mass is 79.9. The quantitative estimate of drug-likeness (QED) is 0.747. The van der Waals surface area contributed by atoms with Crippen molar-refractivity contribution in [2.24, 2.45) is 5.92 Å². The molecule has 0 radical (unpaired) electrons. The van der Waals surface area contributed by atoms with Crippen LogP contribution in [-0.4, -0.2) is 13.1 Å². The number of anilines is 1. The summed E-state index contributed by atoms with van der Waals surface area (Å²) in [7, 11) is 0. The Balaban J connectivity index is 2.12. The third-order valence-electron chi connectivity index (χ3n) is 3.51. The topological polar surface area (TPSA) is 3.24 Å². The van der Waals surface area contributed by atoms with E-state index in [9.17, 15) is 4.39 Å². The Bertz CT molecular complexity index is 380. The molecule has 0 spiro atoms. The summed E-state index contributed by atoms with van der Waals surface area (Å²) in [6, 6.07) is 5.12. The molecule has 0 amide bonds. The molecule has 1 aromatic carbocycles. The van der Waals surface area contributed by atoms with Crippen LogP contribution >= 0.6 is 15.9 Å². The summed E-state index contributed by atoms with van der Waals surface area (Å²) in [5, 5.41) is 0.717. The Morgan fingerprint density at radius 1 is 1.47 bits per heavy atom. The molecule has 0 saturated carbocycles. The lowest BCUT2D eigenvalue weighted by atomic mass is 10.0. The van der Waals surface area contributed by atoms with Crippen molar-refractivity contribution in [2.45, 2.75) is 31.5 Å². The van der Waals surface area contributed by atoms with Gasteiger partial charge in [0.15, 0.2) is 0 Å². The normalized spacial score (nSPS) is 19.9. The molecule has 3 heteroatoms. The molecule has 0 bridgehead atoms. The number of rotatable bonds is 4. The molecular formula is C14H19BrFN. The Morgan fingerprint density at radius 3 is 3.00 bits per heavy atom. The van der Waals surface area contributed by atoms with Gasteiger partial charge in [0.1, 0.15) is 5.82 Å². The summed E-state index contributed by atoms with van der Waals surface area (Å²) in [6.07, 6.45) is 3.83. The summed E-state index contributed by atoms with van der Waals surface area (Å²) in [5.41, 5.74) is 2.25. The van der Waals surface area contributed by atoms with Crippen molar-refractivity contribution in [3.05, 3.63) is 29.6 Å². The zero-order valence-electron chi connectivity index (χ0n) is 10.3. The minimum absolute atomic E-state index is 0.146. The van der Waals surface area contributed by atoms with Gasteiger partial charge in [0.2, 0.25) is 0 Å². The van der Waals surface area contributed by atoms with E-state index in [1.807, 2.05) is 6.07 Å². The zero-order chi connectivity index (χ0) is 12.3. The van der Waals surface area contributed by atoms with Crippen LogP contribution in [0.3, 0.4) is 0 Å². The fourth-order valence-corrected chi connectivity index (χ4v) is 3.11. The van der Waals surface area contributed by atoms with Crippen LogP contribution < -0.4 is 4.90 Å². The average molecular weight is 300 g/mol. The molecular weight excluding hydrogens is 281 g/mol. The van der Waals surface area contributed by atoms with E-state index in [0.717, 1.165) is 29.9 Å². The molecule has 94 valence electrons. The summed E-state index contributed by atoms with van der Waals surface area (Å²) >= 11 is 3.44. The number of hydrogen-bond acceptors (Lipinski definition) is 1. The number of halogens is 2. The van der Waals surface area contributed by atoms with Gasteiger partial charge in [-0.15, -0.1) is 0 Å². The molecule has 1 aliphatic heterocycles. The fourth-order valence-electron chi connectivity index (χ4n) is 2.66. The van der Waals surface area contributed by atoms with Gasteiger partial charge in [0.05, 0.1) is 0 Å². The lowest BCUT2D eigenvalue weighted by Gasteiger charge is -2.21. The van der Waals surface area contributed by atoms with Crippen molar-refractivity contribution in [3.63, 3.8) is 0 Å². The smallest absolute Gasteiger partial charge is 0.123 e. The van der Waals surface area contributed by atoms with Gasteiger partial charge in [-0.3, -0.25) is 0 Å². The van der Waals surface area contributed by atoms with E-state index < -0.39 is 0 Å². The maximum Gasteiger partial charge on any atom is 0.123 e. The zero-order valence-corrected chi connectivity index (χ0v) is 11.8. The molecule has 1 unspecified atom stereocenters. The van der Waals surface area contributed by atoms with Gasteiger partial charge in [0.25, 0.3) is 0 Å². The maximum atomic E-state index is 13.2. The van der Waals surface area contributed by atoms with Crippen LogP contribution in [0.1, 0.15) is 31.7 Å². The number of alkyl halides is 1. The van der Waals surface area contributed by atoms with Gasteiger partial charge < -0.3 is 4.90 Å². The minimum atomic E-state index is -0.146. The second-order valence-electron chi connectivity index (χ2n) is 4.80. The largest absolute Gasteiger partial charge is 0.371 e. The lowest BCUT2D eigenvalue weighted by Crippen LogP contribution is -2.20. The summed E-state index contributed by atoms with van der Waals surface area (Å²) in [4.78, 5) is 2.40. The molecule has 1 nitrogen and oxygen atoms in total. The molecule has 1 atom stereocenters. The van der Waals surface area contributed by atoms with Crippen molar-refractivity contribution in [1.29, 1.82) is 0 Å². The highest BCUT2D eigenvalue weighted by molar-refractivity contribution is 9.08. The van der Waals surface area contributed by atoms with E-state index in [1.165, 1.54) is 24.9 Å². The lowest BCUT2D eigenvalue weighted by molar-refractivity contribution is 0.529. The molecule has 0 aliphatic carbocycles. The van der Waals surface area contributed by atoms with Crippen molar-refractivity contribution in [2.75, 3.05) is 18.0 Å². The second-order valence-corrected chi connectivity index (χ2v) is 5.36. The van der Waals surface area contributed by atoms with Crippen molar-refractivity contribution in [1.82, 2.24) is 0 Å². The Hall–Kier alpha value is -0.570.